The van der Waals surface area contributed by atoms with Crippen molar-refractivity contribution in [1.29, 1.82) is 0 Å². The maximum atomic E-state index is 12.9. The molecule has 23 heavy (non-hydrogen) atoms. The molecule has 4 nitrogen and oxygen atoms in total. The van der Waals surface area contributed by atoms with E-state index < -0.39 is 11.7 Å². The van der Waals surface area contributed by atoms with Crippen molar-refractivity contribution in [2.45, 2.75) is 19.1 Å². The Hall–Kier alpha value is -2.15. The van der Waals surface area contributed by atoms with Gasteiger partial charge in [-0.1, -0.05) is 11.6 Å². The number of hydrogen-bond acceptors (Lipinski definition) is 3. The van der Waals surface area contributed by atoms with Crippen LogP contribution in [0.3, 0.4) is 0 Å². The number of nitrogens with one attached hydrogen (secondary N) is 2. The van der Waals surface area contributed by atoms with Gasteiger partial charge in [0.25, 0.3) is 0 Å². The fraction of sp³-hybridized carbons (Fsp3) is 0.267. The Kier molecular flexibility index (Phi) is 5.54. The standard InChI is InChI=1S/C15H14ClF3N2O2/c16-10-3-4-13(12(8-10)15(17,18)19)20-6-5-14(22)21-9-11-2-1-7-23-11/h1-4,7-8,20H,5-6,9H2,(H,21,22). The van der Waals surface area contributed by atoms with Gasteiger partial charge in [-0.05, 0) is 30.3 Å². The van der Waals surface area contributed by atoms with Crippen molar-refractivity contribution in [2.24, 2.45) is 0 Å². The van der Waals surface area contributed by atoms with Crippen LogP contribution < -0.4 is 10.6 Å². The summed E-state index contributed by atoms with van der Waals surface area (Å²) in [6.07, 6.45) is -3.00. The summed E-state index contributed by atoms with van der Waals surface area (Å²) in [5, 5.41) is 5.22. The summed E-state index contributed by atoms with van der Waals surface area (Å²) < 4.78 is 43.8. The quantitative estimate of drug-likeness (QED) is 0.829. The zero-order valence-corrected chi connectivity index (χ0v) is 12.7. The average molecular weight is 347 g/mol. The van der Waals surface area contributed by atoms with Crippen molar-refractivity contribution in [3.05, 3.63) is 52.9 Å². The van der Waals surface area contributed by atoms with E-state index in [9.17, 15) is 18.0 Å². The molecule has 1 aromatic carbocycles. The molecule has 2 rings (SSSR count). The van der Waals surface area contributed by atoms with Crippen LogP contribution in [0.4, 0.5) is 18.9 Å². The van der Waals surface area contributed by atoms with E-state index in [0.29, 0.717) is 5.76 Å². The number of alkyl halides is 3. The van der Waals surface area contributed by atoms with E-state index in [4.69, 9.17) is 16.0 Å². The largest absolute Gasteiger partial charge is 0.467 e. The van der Waals surface area contributed by atoms with Crippen molar-refractivity contribution in [1.82, 2.24) is 5.32 Å². The number of anilines is 1. The molecular formula is C15H14ClF3N2O2. The summed E-state index contributed by atoms with van der Waals surface area (Å²) in [6, 6.07) is 6.85. The summed E-state index contributed by atoms with van der Waals surface area (Å²) in [6.45, 7) is 0.301. The predicted octanol–water partition coefficient (Wildman–Crippen LogP) is 4.07. The van der Waals surface area contributed by atoms with Gasteiger partial charge in [-0.15, -0.1) is 0 Å². The highest BCUT2D eigenvalue weighted by molar-refractivity contribution is 6.30. The highest BCUT2D eigenvalue weighted by Gasteiger charge is 2.33. The van der Waals surface area contributed by atoms with Crippen molar-refractivity contribution >= 4 is 23.2 Å². The molecule has 0 aliphatic rings. The van der Waals surface area contributed by atoms with E-state index in [1.165, 1.54) is 18.4 Å². The van der Waals surface area contributed by atoms with Crippen molar-refractivity contribution < 1.29 is 22.4 Å². The van der Waals surface area contributed by atoms with Crippen LogP contribution in [0.15, 0.2) is 41.0 Å². The second-order valence-corrected chi connectivity index (χ2v) is 5.16. The van der Waals surface area contributed by atoms with Crippen molar-refractivity contribution in [2.75, 3.05) is 11.9 Å². The van der Waals surface area contributed by atoms with Crippen LogP contribution in [-0.2, 0) is 17.5 Å². The first-order valence-corrected chi connectivity index (χ1v) is 7.14. The summed E-state index contributed by atoms with van der Waals surface area (Å²) in [5.41, 5.74) is -0.971. The van der Waals surface area contributed by atoms with E-state index in [2.05, 4.69) is 10.6 Å². The molecule has 0 aliphatic heterocycles. The minimum atomic E-state index is -4.52. The van der Waals surface area contributed by atoms with E-state index in [1.807, 2.05) is 0 Å². The number of hydrogen-bond donors (Lipinski definition) is 2. The van der Waals surface area contributed by atoms with Crippen molar-refractivity contribution in [3.8, 4) is 0 Å². The summed E-state index contributed by atoms with van der Waals surface area (Å²) in [5.74, 6) is 0.305. The topological polar surface area (TPSA) is 54.3 Å². The lowest BCUT2D eigenvalue weighted by atomic mass is 10.1. The first-order chi connectivity index (χ1) is 10.9. The van der Waals surface area contributed by atoms with Crippen LogP contribution in [-0.4, -0.2) is 12.5 Å². The Morgan fingerprint density at radius 1 is 1.26 bits per heavy atom. The predicted molar refractivity (Wildman–Crippen MR) is 80.1 cm³/mol. The Bertz CT molecular complexity index is 657. The van der Waals surface area contributed by atoms with E-state index in [0.717, 1.165) is 6.07 Å². The van der Waals surface area contributed by atoms with E-state index in [1.54, 1.807) is 12.1 Å². The molecule has 0 unspecified atom stereocenters. The Morgan fingerprint density at radius 2 is 2.04 bits per heavy atom. The second-order valence-electron chi connectivity index (χ2n) is 4.72. The number of benzene rings is 1. The molecule has 1 amide bonds. The Morgan fingerprint density at radius 3 is 2.70 bits per heavy atom. The summed E-state index contributed by atoms with van der Waals surface area (Å²) >= 11 is 5.60. The third-order valence-corrected chi connectivity index (χ3v) is 3.23. The normalized spacial score (nSPS) is 11.3. The molecule has 0 saturated carbocycles. The van der Waals surface area contributed by atoms with Gasteiger partial charge in [0.05, 0.1) is 18.4 Å². The average Bonchev–Trinajstić information content (AvgIpc) is 2.99. The highest BCUT2D eigenvalue weighted by atomic mass is 35.5. The maximum Gasteiger partial charge on any atom is 0.418 e. The molecule has 0 bridgehead atoms. The van der Waals surface area contributed by atoms with Crippen LogP contribution in [0, 0.1) is 0 Å². The lowest BCUT2D eigenvalue weighted by Crippen LogP contribution is -2.25. The maximum absolute atomic E-state index is 12.9. The van der Waals surface area contributed by atoms with Gasteiger partial charge in [0.2, 0.25) is 5.91 Å². The lowest BCUT2D eigenvalue weighted by molar-refractivity contribution is -0.137. The fourth-order valence-corrected chi connectivity index (χ4v) is 2.08. The number of halogens is 4. The third kappa shape index (κ3) is 5.21. The molecule has 2 N–H and O–H groups in total. The molecular weight excluding hydrogens is 333 g/mol. The lowest BCUT2D eigenvalue weighted by Gasteiger charge is -2.14. The van der Waals surface area contributed by atoms with Gasteiger partial charge >= 0.3 is 6.18 Å². The van der Waals surface area contributed by atoms with Gasteiger partial charge < -0.3 is 15.1 Å². The van der Waals surface area contributed by atoms with E-state index >= 15 is 0 Å². The smallest absolute Gasteiger partial charge is 0.418 e. The number of rotatable bonds is 6. The summed E-state index contributed by atoms with van der Waals surface area (Å²) in [4.78, 5) is 11.6. The molecule has 8 heteroatoms. The zero-order valence-electron chi connectivity index (χ0n) is 11.9. The first kappa shape index (κ1) is 17.2. The number of carbonyl (C=O) groups excluding carboxylic acids is 1. The molecule has 1 aromatic heterocycles. The monoisotopic (exact) mass is 346 g/mol. The Balaban J connectivity index is 1.85. The van der Waals surface area contributed by atoms with Gasteiger partial charge in [0, 0.05) is 23.7 Å². The van der Waals surface area contributed by atoms with Gasteiger partial charge in [0.15, 0.2) is 0 Å². The van der Waals surface area contributed by atoms with Crippen LogP contribution in [0.2, 0.25) is 5.02 Å². The molecule has 0 aliphatic carbocycles. The number of carbonyl (C=O) groups is 1. The molecule has 0 spiro atoms. The molecule has 0 atom stereocenters. The third-order valence-electron chi connectivity index (χ3n) is 2.99. The SMILES string of the molecule is O=C(CCNc1ccc(Cl)cc1C(F)(F)F)NCc1ccco1. The molecule has 124 valence electrons. The van der Waals surface area contributed by atoms with E-state index in [-0.39, 0.29) is 36.1 Å². The molecule has 1 heterocycles. The second kappa shape index (κ2) is 7.41. The molecule has 2 aromatic rings. The number of amides is 1. The minimum absolute atomic E-state index is 0.000865. The minimum Gasteiger partial charge on any atom is -0.467 e. The first-order valence-electron chi connectivity index (χ1n) is 6.76. The molecule has 0 fully saturated rings. The Labute approximate surface area is 135 Å². The van der Waals surface area contributed by atoms with Crippen LogP contribution in [0.25, 0.3) is 0 Å². The van der Waals surface area contributed by atoms with Crippen LogP contribution in [0.1, 0.15) is 17.7 Å². The van der Waals surface area contributed by atoms with Gasteiger partial charge in [0.1, 0.15) is 5.76 Å². The van der Waals surface area contributed by atoms with Gasteiger partial charge in [-0.3, -0.25) is 4.79 Å². The zero-order chi connectivity index (χ0) is 16.9. The van der Waals surface area contributed by atoms with Crippen LogP contribution in [0.5, 0.6) is 0 Å². The molecule has 0 saturated heterocycles. The van der Waals surface area contributed by atoms with Gasteiger partial charge in [-0.2, -0.15) is 13.2 Å². The summed E-state index contributed by atoms with van der Waals surface area (Å²) in [7, 11) is 0. The van der Waals surface area contributed by atoms with Gasteiger partial charge in [-0.25, -0.2) is 0 Å². The fourth-order valence-electron chi connectivity index (χ4n) is 1.90. The highest BCUT2D eigenvalue weighted by Crippen LogP contribution is 2.36. The number of furan rings is 1. The van der Waals surface area contributed by atoms with Crippen LogP contribution >= 0.6 is 11.6 Å². The molecule has 0 radical (unpaired) electrons. The van der Waals surface area contributed by atoms with Crippen molar-refractivity contribution in [3.63, 3.8) is 0 Å².